The minimum Gasteiger partial charge on any atom is -0.480 e. The van der Waals surface area contributed by atoms with Crippen molar-refractivity contribution in [3.05, 3.63) is 29.8 Å². The number of carbonyl (C=O) groups excluding carboxylic acids is 1. The molecule has 108 valence electrons. The smallest absolute Gasteiger partial charge is 0.323 e. The Morgan fingerprint density at radius 1 is 1.20 bits per heavy atom. The van der Waals surface area contributed by atoms with Crippen LogP contribution >= 0.6 is 0 Å². The zero-order chi connectivity index (χ0) is 14.5. The third-order valence-electron chi connectivity index (χ3n) is 3.73. The van der Waals surface area contributed by atoms with Crippen molar-refractivity contribution in [2.45, 2.75) is 38.1 Å². The van der Waals surface area contributed by atoms with Crippen LogP contribution in [-0.4, -0.2) is 34.5 Å². The summed E-state index contributed by atoms with van der Waals surface area (Å²) in [6, 6.07) is 7.19. The average molecular weight is 276 g/mol. The van der Waals surface area contributed by atoms with Crippen molar-refractivity contribution in [3.8, 4) is 0 Å². The van der Waals surface area contributed by atoms with Crippen LogP contribution in [0.3, 0.4) is 0 Å². The molecule has 0 heterocycles. The van der Waals surface area contributed by atoms with E-state index in [2.05, 4.69) is 0 Å². The third kappa shape index (κ3) is 3.73. The first-order chi connectivity index (χ1) is 9.56. The van der Waals surface area contributed by atoms with Gasteiger partial charge in [-0.1, -0.05) is 25.0 Å². The minimum absolute atomic E-state index is 0.0763. The lowest BCUT2D eigenvalue weighted by atomic mass is 10.1. The molecule has 2 rings (SSSR count). The number of carboxylic acid groups (broad SMARTS) is 1. The van der Waals surface area contributed by atoms with Gasteiger partial charge in [0.05, 0.1) is 6.42 Å². The molecule has 0 unspecified atom stereocenters. The fourth-order valence-electron chi connectivity index (χ4n) is 2.69. The lowest BCUT2D eigenvalue weighted by Crippen LogP contribution is -2.43. The molecule has 0 saturated heterocycles. The van der Waals surface area contributed by atoms with E-state index >= 15 is 0 Å². The van der Waals surface area contributed by atoms with Gasteiger partial charge < -0.3 is 15.7 Å². The maximum atomic E-state index is 12.4. The number of anilines is 1. The van der Waals surface area contributed by atoms with Crippen LogP contribution in [-0.2, 0) is 16.0 Å². The molecule has 0 radical (unpaired) electrons. The largest absolute Gasteiger partial charge is 0.480 e. The van der Waals surface area contributed by atoms with Crippen molar-refractivity contribution in [1.82, 2.24) is 4.90 Å². The highest BCUT2D eigenvalue weighted by molar-refractivity contribution is 5.83. The normalized spacial score (nSPS) is 15.2. The van der Waals surface area contributed by atoms with Crippen LogP contribution in [0, 0.1) is 0 Å². The van der Waals surface area contributed by atoms with E-state index in [4.69, 9.17) is 10.8 Å². The van der Waals surface area contributed by atoms with Crippen LogP contribution in [0.1, 0.15) is 31.2 Å². The predicted octanol–water partition coefficient (Wildman–Crippen LogP) is 1.67. The van der Waals surface area contributed by atoms with Gasteiger partial charge in [-0.15, -0.1) is 0 Å². The number of carboxylic acids is 1. The zero-order valence-corrected chi connectivity index (χ0v) is 11.4. The van der Waals surface area contributed by atoms with E-state index < -0.39 is 5.97 Å². The van der Waals surface area contributed by atoms with E-state index in [1.165, 1.54) is 4.90 Å². The molecule has 3 N–H and O–H groups in total. The quantitative estimate of drug-likeness (QED) is 0.801. The van der Waals surface area contributed by atoms with Gasteiger partial charge in [0.15, 0.2) is 0 Å². The van der Waals surface area contributed by atoms with Gasteiger partial charge in [0.2, 0.25) is 5.91 Å². The monoisotopic (exact) mass is 276 g/mol. The maximum Gasteiger partial charge on any atom is 0.323 e. The van der Waals surface area contributed by atoms with Gasteiger partial charge >= 0.3 is 5.97 Å². The number of carbonyl (C=O) groups is 2. The van der Waals surface area contributed by atoms with Crippen LogP contribution < -0.4 is 5.73 Å². The van der Waals surface area contributed by atoms with Gasteiger partial charge in [0.1, 0.15) is 6.54 Å². The van der Waals surface area contributed by atoms with Gasteiger partial charge in [-0.25, -0.2) is 0 Å². The standard InChI is InChI=1S/C15H20N2O3/c16-12-7-5-11(6-8-12)9-14(18)17(10-15(19)20)13-3-1-2-4-13/h5-8,13H,1-4,9-10,16H2,(H,19,20). The lowest BCUT2D eigenvalue weighted by molar-refractivity contribution is -0.145. The van der Waals surface area contributed by atoms with Gasteiger partial charge in [0.25, 0.3) is 0 Å². The first-order valence-corrected chi connectivity index (χ1v) is 6.92. The van der Waals surface area contributed by atoms with Crippen LogP contribution in [0.4, 0.5) is 5.69 Å². The van der Waals surface area contributed by atoms with E-state index in [0.717, 1.165) is 31.2 Å². The summed E-state index contributed by atoms with van der Waals surface area (Å²) in [4.78, 5) is 24.8. The number of aliphatic carboxylic acids is 1. The topological polar surface area (TPSA) is 83.6 Å². The van der Waals surface area contributed by atoms with Gasteiger partial charge in [-0.3, -0.25) is 9.59 Å². The Bertz CT molecular complexity index is 478. The predicted molar refractivity (Wildman–Crippen MR) is 76.2 cm³/mol. The molecular formula is C15H20N2O3. The summed E-state index contributed by atoms with van der Waals surface area (Å²) >= 11 is 0. The second-order valence-corrected chi connectivity index (χ2v) is 5.27. The number of hydrogen-bond donors (Lipinski definition) is 2. The molecule has 1 fully saturated rings. The fourth-order valence-corrected chi connectivity index (χ4v) is 2.69. The Morgan fingerprint density at radius 2 is 1.80 bits per heavy atom. The molecule has 0 aromatic heterocycles. The summed E-state index contributed by atoms with van der Waals surface area (Å²) in [6.45, 7) is -0.210. The van der Waals surface area contributed by atoms with Crippen molar-refractivity contribution in [3.63, 3.8) is 0 Å². The van der Waals surface area contributed by atoms with Crippen molar-refractivity contribution < 1.29 is 14.7 Å². The molecule has 1 amide bonds. The molecule has 5 heteroatoms. The van der Waals surface area contributed by atoms with E-state index in [1.807, 2.05) is 0 Å². The molecule has 0 aliphatic heterocycles. The highest BCUT2D eigenvalue weighted by atomic mass is 16.4. The molecule has 1 aromatic carbocycles. The van der Waals surface area contributed by atoms with Crippen LogP contribution in [0.2, 0.25) is 0 Å². The minimum atomic E-state index is -0.956. The highest BCUT2D eigenvalue weighted by Gasteiger charge is 2.28. The highest BCUT2D eigenvalue weighted by Crippen LogP contribution is 2.24. The van der Waals surface area contributed by atoms with Crippen LogP contribution in [0.25, 0.3) is 0 Å². The first kappa shape index (κ1) is 14.4. The van der Waals surface area contributed by atoms with Gasteiger partial charge in [-0.05, 0) is 30.5 Å². The number of nitrogens with two attached hydrogens (primary N) is 1. The molecule has 1 aromatic rings. The number of hydrogen-bond acceptors (Lipinski definition) is 3. The number of rotatable bonds is 5. The second kappa shape index (κ2) is 6.41. The second-order valence-electron chi connectivity index (χ2n) is 5.27. The van der Waals surface area contributed by atoms with Crippen LogP contribution in [0.15, 0.2) is 24.3 Å². The summed E-state index contributed by atoms with van der Waals surface area (Å²) in [5.74, 6) is -1.08. The SMILES string of the molecule is Nc1ccc(CC(=O)N(CC(=O)O)C2CCCC2)cc1. The van der Waals surface area contributed by atoms with E-state index in [1.54, 1.807) is 24.3 Å². The van der Waals surface area contributed by atoms with Crippen molar-refractivity contribution in [2.24, 2.45) is 0 Å². The summed E-state index contributed by atoms with van der Waals surface area (Å²) in [7, 11) is 0. The molecule has 0 bridgehead atoms. The Hall–Kier alpha value is -2.04. The molecular weight excluding hydrogens is 256 g/mol. The molecule has 0 atom stereocenters. The summed E-state index contributed by atoms with van der Waals surface area (Å²) in [5, 5.41) is 8.99. The van der Waals surface area contributed by atoms with E-state index in [0.29, 0.717) is 5.69 Å². The Labute approximate surface area is 118 Å². The molecule has 1 aliphatic rings. The first-order valence-electron chi connectivity index (χ1n) is 6.92. The maximum absolute atomic E-state index is 12.4. The molecule has 5 nitrogen and oxygen atoms in total. The number of nitrogen functional groups attached to an aromatic ring is 1. The molecule has 20 heavy (non-hydrogen) atoms. The Kier molecular flexibility index (Phi) is 4.61. The summed E-state index contributed by atoms with van der Waals surface area (Å²) in [6.07, 6.45) is 4.16. The number of amides is 1. The Morgan fingerprint density at radius 3 is 2.35 bits per heavy atom. The molecule has 1 saturated carbocycles. The van der Waals surface area contributed by atoms with Crippen molar-refractivity contribution >= 4 is 17.6 Å². The fraction of sp³-hybridized carbons (Fsp3) is 0.467. The van der Waals surface area contributed by atoms with Crippen molar-refractivity contribution in [1.29, 1.82) is 0 Å². The van der Waals surface area contributed by atoms with E-state index in [9.17, 15) is 9.59 Å². The van der Waals surface area contributed by atoms with Gasteiger partial charge in [0, 0.05) is 11.7 Å². The molecule has 1 aliphatic carbocycles. The average Bonchev–Trinajstić information content (AvgIpc) is 2.92. The lowest BCUT2D eigenvalue weighted by Gasteiger charge is -2.27. The van der Waals surface area contributed by atoms with Gasteiger partial charge in [-0.2, -0.15) is 0 Å². The zero-order valence-electron chi connectivity index (χ0n) is 11.4. The van der Waals surface area contributed by atoms with Crippen LogP contribution in [0.5, 0.6) is 0 Å². The molecule has 0 spiro atoms. The van der Waals surface area contributed by atoms with Crippen molar-refractivity contribution in [2.75, 3.05) is 12.3 Å². The summed E-state index contributed by atoms with van der Waals surface area (Å²) < 4.78 is 0. The number of nitrogens with zero attached hydrogens (tertiary/aromatic N) is 1. The summed E-state index contributed by atoms with van der Waals surface area (Å²) in [5.41, 5.74) is 7.12. The third-order valence-corrected chi connectivity index (χ3v) is 3.73. The Balaban J connectivity index is 2.05. The van der Waals surface area contributed by atoms with E-state index in [-0.39, 0.29) is 24.9 Å². The number of benzene rings is 1.